The number of hydrogen-bond acceptors (Lipinski definition) is 2. The van der Waals surface area contributed by atoms with Crippen molar-refractivity contribution in [3.05, 3.63) is 34.3 Å². The number of nitrogens with one attached hydrogen (secondary N) is 1. The van der Waals surface area contributed by atoms with Gasteiger partial charge in [-0.25, -0.2) is 0 Å². The largest absolute Gasteiger partial charge is 0.598 e. The summed E-state index contributed by atoms with van der Waals surface area (Å²) < 4.78 is 16.8. The number of benzene rings is 1. The molecule has 0 aliphatic heterocycles. The van der Waals surface area contributed by atoms with Crippen LogP contribution in [0.25, 0.3) is 0 Å². The Bertz CT molecular complexity index is 437. The molecule has 2 rings (SSSR count). The van der Waals surface area contributed by atoms with Crippen LogP contribution in [0, 0.1) is 5.92 Å². The molecule has 0 saturated heterocycles. The van der Waals surface area contributed by atoms with Crippen LogP contribution in [-0.4, -0.2) is 9.30 Å². The molecule has 4 heteroatoms. The summed E-state index contributed by atoms with van der Waals surface area (Å²) in [4.78, 5) is 0. The maximum atomic E-state index is 12.5. The van der Waals surface area contributed by atoms with Crippen molar-refractivity contribution >= 4 is 27.3 Å². The van der Waals surface area contributed by atoms with Gasteiger partial charge in [0.2, 0.25) is 0 Å². The lowest BCUT2D eigenvalue weighted by Gasteiger charge is -2.34. The summed E-state index contributed by atoms with van der Waals surface area (Å²) >= 11 is 2.46. The second-order valence-electron chi connectivity index (χ2n) is 6.93. The maximum absolute atomic E-state index is 12.5. The molecule has 2 atom stereocenters. The van der Waals surface area contributed by atoms with E-state index in [-0.39, 0.29) is 10.8 Å². The molecule has 118 valence electrons. The Balaban J connectivity index is 2.19. The Labute approximate surface area is 140 Å². The van der Waals surface area contributed by atoms with E-state index < -0.39 is 11.4 Å². The monoisotopic (exact) mass is 371 g/mol. The third-order valence-corrected chi connectivity index (χ3v) is 6.25. The van der Waals surface area contributed by atoms with Crippen molar-refractivity contribution in [3.8, 4) is 0 Å². The first-order chi connectivity index (χ1) is 9.88. The molecule has 1 aliphatic rings. The van der Waals surface area contributed by atoms with Gasteiger partial charge in [-0.15, -0.1) is 4.72 Å². The first-order valence-electron chi connectivity index (χ1n) is 7.81. The number of halogens is 1. The lowest BCUT2D eigenvalue weighted by atomic mass is 9.81. The smallest absolute Gasteiger partial charge is 0.136 e. The van der Waals surface area contributed by atoms with Gasteiger partial charge in [-0.05, 0) is 57.2 Å². The molecule has 0 bridgehead atoms. The molecule has 0 aromatic heterocycles. The van der Waals surface area contributed by atoms with Gasteiger partial charge in [-0.2, -0.15) is 0 Å². The molecule has 0 heterocycles. The molecule has 0 amide bonds. The number of rotatable bonds is 4. The highest BCUT2D eigenvalue weighted by atomic mass is 79.9. The average molecular weight is 372 g/mol. The Kier molecular flexibility index (Phi) is 6.18. The molecule has 1 aromatic carbocycles. The summed E-state index contributed by atoms with van der Waals surface area (Å²) in [6.45, 7) is 6.07. The molecule has 2 nitrogen and oxygen atoms in total. The van der Waals surface area contributed by atoms with E-state index in [1.807, 2.05) is 20.8 Å². The van der Waals surface area contributed by atoms with Crippen LogP contribution in [0.1, 0.15) is 64.5 Å². The Morgan fingerprint density at radius 2 is 1.71 bits per heavy atom. The van der Waals surface area contributed by atoms with Gasteiger partial charge >= 0.3 is 0 Å². The molecule has 0 spiro atoms. The molecule has 1 N–H and O–H groups in total. The quantitative estimate of drug-likeness (QED) is 0.745. The molecule has 21 heavy (non-hydrogen) atoms. The average Bonchev–Trinajstić information content (AvgIpc) is 2.45. The first-order valence-corrected chi connectivity index (χ1v) is 9.76. The minimum Gasteiger partial charge on any atom is -0.598 e. The molecule has 1 saturated carbocycles. The van der Waals surface area contributed by atoms with Gasteiger partial charge in [0.25, 0.3) is 0 Å². The third-order valence-electron chi connectivity index (χ3n) is 4.14. The normalized spacial score (nSPS) is 20.2. The molecule has 1 aromatic rings. The van der Waals surface area contributed by atoms with Crippen LogP contribution in [0.2, 0.25) is 0 Å². The molecule has 0 radical (unpaired) electrons. The van der Waals surface area contributed by atoms with Crippen LogP contribution in [0.4, 0.5) is 0 Å². The fourth-order valence-corrected chi connectivity index (χ4v) is 4.04. The van der Waals surface area contributed by atoms with Gasteiger partial charge in [0.15, 0.2) is 0 Å². The van der Waals surface area contributed by atoms with Crippen LogP contribution in [0.3, 0.4) is 0 Å². The number of hydrogen-bond donors (Lipinski definition) is 1. The van der Waals surface area contributed by atoms with Gasteiger partial charge in [-0.3, -0.25) is 0 Å². The van der Waals surface area contributed by atoms with Crippen LogP contribution in [0.15, 0.2) is 28.7 Å². The van der Waals surface area contributed by atoms with Crippen molar-refractivity contribution in [2.45, 2.75) is 63.7 Å². The summed E-state index contributed by atoms with van der Waals surface area (Å²) in [5.74, 6) is 0.589. The van der Waals surface area contributed by atoms with Gasteiger partial charge in [0.1, 0.15) is 4.75 Å². The van der Waals surface area contributed by atoms with E-state index in [9.17, 15) is 4.55 Å². The van der Waals surface area contributed by atoms with E-state index in [2.05, 4.69) is 44.9 Å². The summed E-state index contributed by atoms with van der Waals surface area (Å²) in [6, 6.07) is 8.64. The fraction of sp³-hybridized carbons (Fsp3) is 0.647. The minimum absolute atomic E-state index is 0.193. The zero-order chi connectivity index (χ0) is 15.5. The lowest BCUT2D eigenvalue weighted by molar-refractivity contribution is 0.292. The van der Waals surface area contributed by atoms with Gasteiger partial charge in [0.05, 0.1) is 6.04 Å². The van der Waals surface area contributed by atoms with Gasteiger partial charge in [0, 0.05) is 15.8 Å². The molecule has 0 unspecified atom stereocenters. The summed E-state index contributed by atoms with van der Waals surface area (Å²) in [6.07, 6.45) is 6.39. The van der Waals surface area contributed by atoms with Gasteiger partial charge < -0.3 is 4.55 Å². The first kappa shape index (κ1) is 17.3. The van der Waals surface area contributed by atoms with Crippen LogP contribution >= 0.6 is 15.9 Å². The third kappa shape index (κ3) is 4.98. The molecule has 1 aliphatic carbocycles. The minimum atomic E-state index is -1.04. The summed E-state index contributed by atoms with van der Waals surface area (Å²) in [5.41, 5.74) is 1.25. The second-order valence-corrected chi connectivity index (χ2v) is 9.84. The van der Waals surface area contributed by atoms with E-state index >= 15 is 0 Å². The topological polar surface area (TPSA) is 35.1 Å². The van der Waals surface area contributed by atoms with Crippen molar-refractivity contribution in [1.29, 1.82) is 0 Å². The standard InChI is InChI=1S/C17H26BrNOS/c1-17(2,3)21(20)19-16(13-7-5-4-6-8-13)14-9-11-15(18)12-10-14/h9-13,16,19H,4-8H2,1-3H3/t16-,21-/m0/s1. The highest BCUT2D eigenvalue weighted by molar-refractivity contribution is 9.10. The zero-order valence-electron chi connectivity index (χ0n) is 13.2. The SMILES string of the molecule is CC(C)(C)[S@+]([O-])N[C@H](c1ccc(Br)cc1)C1CCCCC1. The van der Waals surface area contributed by atoms with E-state index in [4.69, 9.17) is 0 Å². The summed E-state index contributed by atoms with van der Waals surface area (Å²) in [5, 5.41) is 0. The second kappa shape index (κ2) is 7.49. The Hall–Kier alpha value is -0.0300. The van der Waals surface area contributed by atoms with Gasteiger partial charge in [-0.1, -0.05) is 47.3 Å². The highest BCUT2D eigenvalue weighted by Gasteiger charge is 2.34. The molecule has 1 fully saturated rings. The van der Waals surface area contributed by atoms with Crippen molar-refractivity contribution in [1.82, 2.24) is 4.72 Å². The molecular weight excluding hydrogens is 346 g/mol. The lowest BCUT2D eigenvalue weighted by Crippen LogP contribution is -2.43. The van der Waals surface area contributed by atoms with E-state index in [0.29, 0.717) is 5.92 Å². The summed E-state index contributed by atoms with van der Waals surface area (Å²) in [7, 11) is 0. The fourth-order valence-electron chi connectivity index (χ4n) is 2.87. The van der Waals surface area contributed by atoms with Crippen molar-refractivity contribution < 1.29 is 4.55 Å². The maximum Gasteiger partial charge on any atom is 0.136 e. The van der Waals surface area contributed by atoms with E-state index in [0.717, 1.165) is 4.47 Å². The Morgan fingerprint density at radius 1 is 1.14 bits per heavy atom. The van der Waals surface area contributed by atoms with Crippen molar-refractivity contribution in [3.63, 3.8) is 0 Å². The van der Waals surface area contributed by atoms with Crippen LogP contribution in [0.5, 0.6) is 0 Å². The highest BCUT2D eigenvalue weighted by Crippen LogP contribution is 2.36. The van der Waals surface area contributed by atoms with Crippen LogP contribution in [-0.2, 0) is 11.4 Å². The van der Waals surface area contributed by atoms with Crippen molar-refractivity contribution in [2.24, 2.45) is 5.92 Å². The zero-order valence-corrected chi connectivity index (χ0v) is 15.6. The Morgan fingerprint density at radius 3 is 2.24 bits per heavy atom. The molecular formula is C17H26BrNOS. The van der Waals surface area contributed by atoms with Crippen LogP contribution < -0.4 is 4.72 Å². The predicted molar refractivity (Wildman–Crippen MR) is 94.5 cm³/mol. The van der Waals surface area contributed by atoms with E-state index in [1.165, 1.54) is 37.7 Å². The van der Waals surface area contributed by atoms with Crippen molar-refractivity contribution in [2.75, 3.05) is 0 Å². The van der Waals surface area contributed by atoms with E-state index in [1.54, 1.807) is 0 Å². The predicted octanol–water partition coefficient (Wildman–Crippen LogP) is 5.12.